The molecule has 2 aromatic rings. The third-order valence-corrected chi connectivity index (χ3v) is 4.08. The van der Waals surface area contributed by atoms with Gasteiger partial charge in [-0.2, -0.15) is 0 Å². The first-order valence-corrected chi connectivity index (χ1v) is 7.82. The third kappa shape index (κ3) is 2.84. The van der Waals surface area contributed by atoms with Crippen LogP contribution in [0.25, 0.3) is 5.70 Å². The van der Waals surface area contributed by atoms with E-state index in [2.05, 4.69) is 47.2 Å². The highest BCUT2D eigenvalue weighted by Crippen LogP contribution is 2.33. The fourth-order valence-electron chi connectivity index (χ4n) is 3.02. The van der Waals surface area contributed by atoms with E-state index in [0.717, 1.165) is 29.7 Å². The summed E-state index contributed by atoms with van der Waals surface area (Å²) >= 11 is 0. The molecule has 0 amide bonds. The van der Waals surface area contributed by atoms with Crippen LogP contribution in [0.4, 0.5) is 0 Å². The molecule has 3 nitrogen and oxygen atoms in total. The minimum absolute atomic E-state index is 0.318. The monoisotopic (exact) mass is 294 g/mol. The van der Waals surface area contributed by atoms with Gasteiger partial charge in [0.1, 0.15) is 0 Å². The maximum atomic E-state index is 5.64. The van der Waals surface area contributed by atoms with Gasteiger partial charge < -0.3 is 10.1 Å². The average molecular weight is 294 g/mol. The van der Waals surface area contributed by atoms with Crippen LogP contribution in [0.15, 0.2) is 43.1 Å². The van der Waals surface area contributed by atoms with Crippen LogP contribution in [0.5, 0.6) is 5.88 Å². The van der Waals surface area contributed by atoms with Crippen molar-refractivity contribution in [3.63, 3.8) is 0 Å². The van der Waals surface area contributed by atoms with Crippen molar-refractivity contribution in [2.75, 3.05) is 6.61 Å². The molecular formula is C19H22N2O. The predicted octanol–water partition coefficient (Wildman–Crippen LogP) is 4.04. The minimum Gasteiger partial charge on any atom is -0.477 e. The molecule has 1 aliphatic carbocycles. The number of hydrogen-bond acceptors (Lipinski definition) is 3. The molecule has 1 unspecified atom stereocenters. The molecule has 3 rings (SSSR count). The lowest BCUT2D eigenvalue weighted by Crippen LogP contribution is -2.18. The molecule has 3 heteroatoms. The van der Waals surface area contributed by atoms with Gasteiger partial charge in [0.2, 0.25) is 5.88 Å². The van der Waals surface area contributed by atoms with E-state index in [1.54, 1.807) is 0 Å². The molecule has 1 aromatic heterocycles. The number of nitrogens with one attached hydrogen (secondary N) is 1. The van der Waals surface area contributed by atoms with Crippen molar-refractivity contribution in [3.05, 3.63) is 65.4 Å². The van der Waals surface area contributed by atoms with Gasteiger partial charge in [-0.1, -0.05) is 30.8 Å². The second kappa shape index (κ2) is 6.22. The highest BCUT2D eigenvalue weighted by molar-refractivity contribution is 5.67. The van der Waals surface area contributed by atoms with Gasteiger partial charge in [0.15, 0.2) is 0 Å². The Kier molecular flexibility index (Phi) is 4.14. The van der Waals surface area contributed by atoms with Crippen LogP contribution >= 0.6 is 0 Å². The molecule has 114 valence electrons. The molecule has 0 saturated carbocycles. The fourth-order valence-corrected chi connectivity index (χ4v) is 3.02. The largest absolute Gasteiger partial charge is 0.477 e. The van der Waals surface area contributed by atoms with Crippen molar-refractivity contribution in [1.82, 2.24) is 10.3 Å². The predicted molar refractivity (Wildman–Crippen MR) is 89.8 cm³/mol. The maximum Gasteiger partial charge on any atom is 0.222 e. The van der Waals surface area contributed by atoms with E-state index in [1.807, 2.05) is 20.0 Å². The summed E-state index contributed by atoms with van der Waals surface area (Å²) in [6, 6.07) is 11.0. The van der Waals surface area contributed by atoms with E-state index in [0.29, 0.717) is 18.5 Å². The van der Waals surface area contributed by atoms with Crippen LogP contribution in [0.3, 0.4) is 0 Å². The van der Waals surface area contributed by atoms with Crippen molar-refractivity contribution in [1.29, 1.82) is 0 Å². The Morgan fingerprint density at radius 3 is 3.05 bits per heavy atom. The highest BCUT2D eigenvalue weighted by Gasteiger charge is 2.23. The number of aryl methyl sites for hydroxylation is 2. The van der Waals surface area contributed by atoms with Crippen molar-refractivity contribution in [2.24, 2.45) is 0 Å². The van der Waals surface area contributed by atoms with Crippen LogP contribution in [-0.2, 0) is 6.42 Å². The van der Waals surface area contributed by atoms with Gasteiger partial charge in [-0.25, -0.2) is 4.98 Å². The normalized spacial score (nSPS) is 16.2. The van der Waals surface area contributed by atoms with Crippen molar-refractivity contribution in [3.8, 4) is 5.88 Å². The van der Waals surface area contributed by atoms with Crippen LogP contribution in [0, 0.1) is 6.92 Å². The fraction of sp³-hybridized carbons (Fsp3) is 0.316. The molecule has 22 heavy (non-hydrogen) atoms. The van der Waals surface area contributed by atoms with Gasteiger partial charge in [-0.15, -0.1) is 0 Å². The van der Waals surface area contributed by atoms with Crippen LogP contribution in [0.2, 0.25) is 0 Å². The van der Waals surface area contributed by atoms with Gasteiger partial charge in [-0.3, -0.25) is 0 Å². The number of hydrogen-bond donors (Lipinski definition) is 1. The van der Waals surface area contributed by atoms with E-state index in [4.69, 9.17) is 4.74 Å². The summed E-state index contributed by atoms with van der Waals surface area (Å²) in [5, 5.41) is 3.56. The minimum atomic E-state index is 0.318. The molecule has 0 radical (unpaired) electrons. The summed E-state index contributed by atoms with van der Waals surface area (Å²) in [4.78, 5) is 4.38. The number of nitrogens with zero attached hydrogens (tertiary/aromatic N) is 1. The zero-order valence-electron chi connectivity index (χ0n) is 13.2. The van der Waals surface area contributed by atoms with Gasteiger partial charge in [-0.05, 0) is 49.4 Å². The average Bonchev–Trinajstić information content (AvgIpc) is 2.92. The highest BCUT2D eigenvalue weighted by atomic mass is 16.5. The van der Waals surface area contributed by atoms with Gasteiger partial charge in [0.05, 0.1) is 18.2 Å². The second-order valence-electron chi connectivity index (χ2n) is 5.71. The Morgan fingerprint density at radius 1 is 1.41 bits per heavy atom. The number of fused-ring (bicyclic) bond motifs is 1. The topological polar surface area (TPSA) is 34.2 Å². The van der Waals surface area contributed by atoms with Crippen molar-refractivity contribution in [2.45, 2.75) is 32.7 Å². The zero-order valence-corrected chi connectivity index (χ0v) is 13.2. The summed E-state index contributed by atoms with van der Waals surface area (Å²) in [5.41, 5.74) is 5.74. The molecule has 1 atom stereocenters. The summed E-state index contributed by atoms with van der Waals surface area (Å²) < 4.78 is 5.64. The molecule has 1 aliphatic rings. The van der Waals surface area contributed by atoms with E-state index < -0.39 is 0 Å². The quantitative estimate of drug-likeness (QED) is 0.904. The number of pyridine rings is 1. The SMILES string of the molecule is C=C(NC1CCc2ccccc21)c1cc(C)cnc1OCC. The number of benzene rings is 1. The Bertz CT molecular complexity index is 694. The molecular weight excluding hydrogens is 272 g/mol. The van der Waals surface area contributed by atoms with Gasteiger partial charge in [0.25, 0.3) is 0 Å². The first-order chi connectivity index (χ1) is 10.7. The molecule has 0 fully saturated rings. The van der Waals surface area contributed by atoms with Crippen LogP contribution in [0.1, 0.15) is 41.6 Å². The summed E-state index contributed by atoms with van der Waals surface area (Å²) in [6.07, 6.45) is 4.04. The first-order valence-electron chi connectivity index (χ1n) is 7.82. The van der Waals surface area contributed by atoms with E-state index >= 15 is 0 Å². The van der Waals surface area contributed by atoms with Gasteiger partial charge >= 0.3 is 0 Å². The zero-order chi connectivity index (χ0) is 15.5. The molecule has 0 saturated heterocycles. The molecule has 1 aromatic carbocycles. The Hall–Kier alpha value is -2.29. The molecule has 0 bridgehead atoms. The second-order valence-corrected chi connectivity index (χ2v) is 5.71. The number of ether oxygens (including phenoxy) is 1. The Morgan fingerprint density at radius 2 is 2.23 bits per heavy atom. The summed E-state index contributed by atoms with van der Waals surface area (Å²) in [5.74, 6) is 0.650. The van der Waals surface area contributed by atoms with Gasteiger partial charge in [0, 0.05) is 11.9 Å². The lowest BCUT2D eigenvalue weighted by atomic mass is 10.1. The van der Waals surface area contributed by atoms with Crippen LogP contribution in [-0.4, -0.2) is 11.6 Å². The van der Waals surface area contributed by atoms with E-state index in [-0.39, 0.29) is 0 Å². The maximum absolute atomic E-state index is 5.64. The van der Waals surface area contributed by atoms with Crippen molar-refractivity contribution < 1.29 is 4.74 Å². The Labute approximate surface area is 132 Å². The van der Waals surface area contributed by atoms with E-state index in [9.17, 15) is 0 Å². The molecule has 1 N–H and O–H groups in total. The molecule has 1 heterocycles. The smallest absolute Gasteiger partial charge is 0.222 e. The summed E-state index contributed by atoms with van der Waals surface area (Å²) in [7, 11) is 0. The Balaban J connectivity index is 1.82. The third-order valence-electron chi connectivity index (χ3n) is 4.08. The first kappa shape index (κ1) is 14.6. The number of aromatic nitrogens is 1. The molecule has 0 aliphatic heterocycles. The van der Waals surface area contributed by atoms with Crippen molar-refractivity contribution >= 4 is 5.70 Å². The van der Waals surface area contributed by atoms with E-state index in [1.165, 1.54) is 11.1 Å². The standard InChI is InChI=1S/C19H22N2O/c1-4-22-19-17(11-13(2)12-20-19)14(3)21-18-10-9-15-7-5-6-8-16(15)18/h5-8,11-12,18,21H,3-4,9-10H2,1-2H3. The molecule has 0 spiro atoms. The summed E-state index contributed by atoms with van der Waals surface area (Å²) in [6.45, 7) is 8.81. The lowest BCUT2D eigenvalue weighted by molar-refractivity contribution is 0.325. The van der Waals surface area contributed by atoms with Crippen LogP contribution < -0.4 is 10.1 Å². The number of rotatable bonds is 5. The lowest BCUT2D eigenvalue weighted by Gasteiger charge is -2.19.